The summed E-state index contributed by atoms with van der Waals surface area (Å²) in [5, 5.41) is 10.6. The zero-order chi connectivity index (χ0) is 14.8. The van der Waals surface area contributed by atoms with E-state index in [0.29, 0.717) is 0 Å². The number of aryl methyl sites for hydroxylation is 2. The number of carbonyl (C=O) groups is 1. The molecule has 0 radical (unpaired) electrons. The first-order chi connectivity index (χ1) is 10.2. The minimum atomic E-state index is -0.190. The number of fused-ring (bicyclic) bond motifs is 1. The van der Waals surface area contributed by atoms with Gasteiger partial charge < -0.3 is 10.6 Å². The predicted molar refractivity (Wildman–Crippen MR) is 82.0 cm³/mol. The second-order valence-electron chi connectivity index (χ2n) is 5.41. The molecule has 0 aliphatic carbocycles. The number of amides is 1. The SMILES string of the molecule is CCc1nn(C)cc1NC(=O)C1Cc2ccccc2CN1. The van der Waals surface area contributed by atoms with E-state index in [0.717, 1.165) is 30.8 Å². The normalized spacial score (nSPS) is 17.3. The molecule has 1 unspecified atom stereocenters. The van der Waals surface area contributed by atoms with Gasteiger partial charge in [0, 0.05) is 19.8 Å². The maximum Gasteiger partial charge on any atom is 0.241 e. The van der Waals surface area contributed by atoms with E-state index in [2.05, 4.69) is 27.9 Å². The Kier molecular flexibility index (Phi) is 3.75. The van der Waals surface area contributed by atoms with Crippen molar-refractivity contribution < 1.29 is 4.79 Å². The van der Waals surface area contributed by atoms with Crippen molar-refractivity contribution in [3.8, 4) is 0 Å². The van der Waals surface area contributed by atoms with Crippen LogP contribution in [0.3, 0.4) is 0 Å². The van der Waals surface area contributed by atoms with Gasteiger partial charge in [0.1, 0.15) is 0 Å². The van der Waals surface area contributed by atoms with Crippen molar-refractivity contribution in [2.45, 2.75) is 32.4 Å². The van der Waals surface area contributed by atoms with Crippen LogP contribution in [-0.4, -0.2) is 21.7 Å². The van der Waals surface area contributed by atoms with Crippen molar-refractivity contribution in [3.63, 3.8) is 0 Å². The van der Waals surface area contributed by atoms with E-state index in [1.165, 1.54) is 11.1 Å². The molecule has 1 aliphatic heterocycles. The Labute approximate surface area is 124 Å². The quantitative estimate of drug-likeness (QED) is 0.901. The molecule has 2 heterocycles. The fourth-order valence-corrected chi connectivity index (χ4v) is 2.76. The molecule has 5 heteroatoms. The second-order valence-corrected chi connectivity index (χ2v) is 5.41. The Morgan fingerprint density at radius 3 is 2.95 bits per heavy atom. The van der Waals surface area contributed by atoms with E-state index >= 15 is 0 Å². The molecule has 3 rings (SSSR count). The number of aromatic nitrogens is 2. The average Bonchev–Trinajstić information content (AvgIpc) is 2.86. The summed E-state index contributed by atoms with van der Waals surface area (Å²) in [6.45, 7) is 2.77. The number of carbonyl (C=O) groups excluding carboxylic acids is 1. The number of nitrogens with zero attached hydrogens (tertiary/aromatic N) is 2. The van der Waals surface area contributed by atoms with Crippen LogP contribution in [-0.2, 0) is 31.2 Å². The molecule has 1 amide bonds. The van der Waals surface area contributed by atoms with E-state index in [9.17, 15) is 4.79 Å². The molecule has 21 heavy (non-hydrogen) atoms. The molecule has 110 valence electrons. The van der Waals surface area contributed by atoms with Crippen molar-refractivity contribution in [2.24, 2.45) is 7.05 Å². The molecule has 2 aromatic rings. The smallest absolute Gasteiger partial charge is 0.241 e. The van der Waals surface area contributed by atoms with Crippen LogP contribution < -0.4 is 10.6 Å². The van der Waals surface area contributed by atoms with Gasteiger partial charge >= 0.3 is 0 Å². The van der Waals surface area contributed by atoms with Crippen LogP contribution in [0.1, 0.15) is 23.7 Å². The van der Waals surface area contributed by atoms with Crippen LogP contribution in [0.15, 0.2) is 30.5 Å². The summed E-state index contributed by atoms with van der Waals surface area (Å²) in [5.74, 6) is 0.00667. The van der Waals surface area contributed by atoms with Crippen LogP contribution in [0.5, 0.6) is 0 Å². The van der Waals surface area contributed by atoms with Crippen LogP contribution in [0.4, 0.5) is 5.69 Å². The maximum absolute atomic E-state index is 12.4. The molecule has 0 spiro atoms. The fourth-order valence-electron chi connectivity index (χ4n) is 2.76. The molecule has 2 N–H and O–H groups in total. The third-order valence-corrected chi connectivity index (χ3v) is 3.90. The molecule has 1 aromatic heterocycles. The molecule has 1 atom stereocenters. The molecule has 0 saturated carbocycles. The number of rotatable bonds is 3. The molecule has 1 aromatic carbocycles. The van der Waals surface area contributed by atoms with Gasteiger partial charge in [-0.05, 0) is 24.0 Å². The van der Waals surface area contributed by atoms with Gasteiger partial charge in [-0.1, -0.05) is 31.2 Å². The number of hydrogen-bond donors (Lipinski definition) is 2. The second kappa shape index (κ2) is 5.69. The molecular weight excluding hydrogens is 264 g/mol. The number of benzene rings is 1. The van der Waals surface area contributed by atoms with Crippen LogP contribution >= 0.6 is 0 Å². The fraction of sp³-hybridized carbons (Fsp3) is 0.375. The molecule has 5 nitrogen and oxygen atoms in total. The topological polar surface area (TPSA) is 59.0 Å². The summed E-state index contributed by atoms with van der Waals surface area (Å²) in [7, 11) is 1.87. The highest BCUT2D eigenvalue weighted by Crippen LogP contribution is 2.18. The lowest BCUT2D eigenvalue weighted by Gasteiger charge is -2.25. The monoisotopic (exact) mass is 284 g/mol. The third kappa shape index (κ3) is 2.83. The third-order valence-electron chi connectivity index (χ3n) is 3.90. The summed E-state index contributed by atoms with van der Waals surface area (Å²) >= 11 is 0. The summed E-state index contributed by atoms with van der Waals surface area (Å²) in [6.07, 6.45) is 3.38. The first-order valence-corrected chi connectivity index (χ1v) is 7.31. The van der Waals surface area contributed by atoms with Gasteiger partial charge in [-0.3, -0.25) is 9.48 Å². The van der Waals surface area contributed by atoms with Crippen molar-refractivity contribution in [3.05, 3.63) is 47.3 Å². The Morgan fingerprint density at radius 2 is 2.19 bits per heavy atom. The van der Waals surface area contributed by atoms with Crippen molar-refractivity contribution in [1.29, 1.82) is 0 Å². The molecule has 0 fully saturated rings. The van der Waals surface area contributed by atoms with Gasteiger partial charge in [0.2, 0.25) is 5.91 Å². The Bertz CT molecular complexity index is 662. The van der Waals surface area contributed by atoms with E-state index in [4.69, 9.17) is 0 Å². The van der Waals surface area contributed by atoms with Gasteiger partial charge in [0.15, 0.2) is 0 Å². The number of hydrogen-bond acceptors (Lipinski definition) is 3. The Morgan fingerprint density at radius 1 is 1.43 bits per heavy atom. The summed E-state index contributed by atoms with van der Waals surface area (Å²) in [6, 6.07) is 8.06. The van der Waals surface area contributed by atoms with Crippen molar-refractivity contribution in [2.75, 3.05) is 5.32 Å². The number of anilines is 1. The van der Waals surface area contributed by atoms with Crippen LogP contribution in [0, 0.1) is 0 Å². The Balaban J connectivity index is 1.72. The maximum atomic E-state index is 12.4. The van der Waals surface area contributed by atoms with Gasteiger partial charge in [0.25, 0.3) is 0 Å². The van der Waals surface area contributed by atoms with E-state index in [1.54, 1.807) is 4.68 Å². The largest absolute Gasteiger partial charge is 0.322 e. The van der Waals surface area contributed by atoms with Gasteiger partial charge in [-0.2, -0.15) is 5.10 Å². The van der Waals surface area contributed by atoms with Crippen LogP contribution in [0.25, 0.3) is 0 Å². The van der Waals surface area contributed by atoms with Gasteiger partial charge in [-0.25, -0.2) is 0 Å². The number of nitrogens with one attached hydrogen (secondary N) is 2. The zero-order valence-electron chi connectivity index (χ0n) is 12.4. The average molecular weight is 284 g/mol. The summed E-state index contributed by atoms with van der Waals surface area (Å²) < 4.78 is 1.73. The lowest BCUT2D eigenvalue weighted by Crippen LogP contribution is -2.44. The Hall–Kier alpha value is -2.14. The van der Waals surface area contributed by atoms with Gasteiger partial charge in [0.05, 0.1) is 17.4 Å². The van der Waals surface area contributed by atoms with E-state index in [1.807, 2.05) is 32.3 Å². The molecule has 1 aliphatic rings. The molecule has 0 bridgehead atoms. The predicted octanol–water partition coefficient (Wildman–Crippen LogP) is 1.64. The highest BCUT2D eigenvalue weighted by molar-refractivity contribution is 5.95. The standard InChI is InChI=1S/C16H20N4O/c1-3-13-15(10-20(2)19-13)18-16(21)14-8-11-6-4-5-7-12(11)9-17-14/h4-7,10,14,17H,3,8-9H2,1-2H3,(H,18,21). The zero-order valence-corrected chi connectivity index (χ0v) is 12.4. The van der Waals surface area contributed by atoms with Crippen molar-refractivity contribution >= 4 is 11.6 Å². The molecule has 0 saturated heterocycles. The minimum absolute atomic E-state index is 0.00667. The summed E-state index contributed by atoms with van der Waals surface area (Å²) in [4.78, 5) is 12.4. The minimum Gasteiger partial charge on any atom is -0.322 e. The van der Waals surface area contributed by atoms with E-state index < -0.39 is 0 Å². The summed E-state index contributed by atoms with van der Waals surface area (Å²) in [5.41, 5.74) is 4.25. The molecular formula is C16H20N4O. The van der Waals surface area contributed by atoms with E-state index in [-0.39, 0.29) is 11.9 Å². The first kappa shape index (κ1) is 13.8. The highest BCUT2D eigenvalue weighted by atomic mass is 16.2. The lowest BCUT2D eigenvalue weighted by atomic mass is 9.95. The van der Waals surface area contributed by atoms with Crippen LogP contribution in [0.2, 0.25) is 0 Å². The van der Waals surface area contributed by atoms with Gasteiger partial charge in [-0.15, -0.1) is 0 Å². The van der Waals surface area contributed by atoms with Crippen molar-refractivity contribution in [1.82, 2.24) is 15.1 Å². The lowest BCUT2D eigenvalue weighted by molar-refractivity contribution is -0.118. The first-order valence-electron chi connectivity index (χ1n) is 7.31. The highest BCUT2D eigenvalue weighted by Gasteiger charge is 2.24.